The maximum atomic E-state index is 12.0. The summed E-state index contributed by atoms with van der Waals surface area (Å²) in [6.07, 6.45) is 3.97. The average molecular weight is 247 g/mol. The van der Waals surface area contributed by atoms with Gasteiger partial charge >= 0.3 is 5.97 Å². The van der Waals surface area contributed by atoms with Gasteiger partial charge in [-0.25, -0.2) is 4.79 Å². The largest absolute Gasteiger partial charge is 0.478 e. The van der Waals surface area contributed by atoms with Gasteiger partial charge in [0.05, 0.1) is 11.3 Å². The van der Waals surface area contributed by atoms with E-state index in [1.807, 2.05) is 0 Å². The van der Waals surface area contributed by atoms with Crippen molar-refractivity contribution in [3.8, 4) is 0 Å². The number of benzene rings is 1. The second kappa shape index (κ2) is 5.21. The molecule has 1 amide bonds. The first-order valence-electron chi connectivity index (χ1n) is 6.23. The Labute approximate surface area is 106 Å². The number of carbonyl (C=O) groups is 2. The molecule has 0 heterocycles. The molecule has 4 heteroatoms. The van der Waals surface area contributed by atoms with E-state index in [-0.39, 0.29) is 17.4 Å². The Kier molecular flexibility index (Phi) is 3.65. The van der Waals surface area contributed by atoms with Gasteiger partial charge in [0.25, 0.3) is 0 Å². The molecule has 4 nitrogen and oxygen atoms in total. The molecule has 96 valence electrons. The summed E-state index contributed by atoms with van der Waals surface area (Å²) in [5.74, 6) is -1.03. The van der Waals surface area contributed by atoms with Crippen LogP contribution in [0.4, 0.5) is 5.69 Å². The first-order chi connectivity index (χ1) is 8.59. The number of rotatable bonds is 3. The number of aryl methyl sites for hydroxylation is 1. The molecular formula is C14H17NO3. The summed E-state index contributed by atoms with van der Waals surface area (Å²) >= 11 is 0. The zero-order valence-electron chi connectivity index (χ0n) is 10.4. The van der Waals surface area contributed by atoms with E-state index in [0.717, 1.165) is 25.7 Å². The van der Waals surface area contributed by atoms with Crippen molar-refractivity contribution in [2.75, 3.05) is 5.32 Å². The quantitative estimate of drug-likeness (QED) is 0.863. The predicted octanol–water partition coefficient (Wildman–Crippen LogP) is 2.82. The second-order valence-electron chi connectivity index (χ2n) is 4.77. The van der Waals surface area contributed by atoms with Gasteiger partial charge in [-0.3, -0.25) is 4.79 Å². The SMILES string of the molecule is Cc1cccc(NC(=O)C2CCCC2)c1C(=O)O. The highest BCUT2D eigenvalue weighted by atomic mass is 16.4. The molecule has 2 rings (SSSR count). The van der Waals surface area contributed by atoms with Gasteiger partial charge in [0.2, 0.25) is 5.91 Å². The third-order valence-corrected chi connectivity index (χ3v) is 3.47. The zero-order valence-corrected chi connectivity index (χ0v) is 10.4. The summed E-state index contributed by atoms with van der Waals surface area (Å²) in [5.41, 5.74) is 1.25. The normalized spacial score (nSPS) is 15.6. The molecule has 0 spiro atoms. The first kappa shape index (κ1) is 12.6. The van der Waals surface area contributed by atoms with E-state index in [0.29, 0.717) is 11.3 Å². The number of hydrogen-bond acceptors (Lipinski definition) is 2. The van der Waals surface area contributed by atoms with E-state index < -0.39 is 5.97 Å². The van der Waals surface area contributed by atoms with E-state index >= 15 is 0 Å². The summed E-state index contributed by atoms with van der Waals surface area (Å²) in [6, 6.07) is 5.13. The lowest BCUT2D eigenvalue weighted by Gasteiger charge is -2.13. The highest BCUT2D eigenvalue weighted by Gasteiger charge is 2.24. The van der Waals surface area contributed by atoms with Crippen LogP contribution in [0.2, 0.25) is 0 Å². The lowest BCUT2D eigenvalue weighted by molar-refractivity contribution is -0.119. The van der Waals surface area contributed by atoms with Gasteiger partial charge in [-0.15, -0.1) is 0 Å². The highest BCUT2D eigenvalue weighted by Crippen LogP contribution is 2.27. The number of anilines is 1. The smallest absolute Gasteiger partial charge is 0.338 e. The number of aromatic carboxylic acids is 1. The van der Waals surface area contributed by atoms with Crippen LogP contribution >= 0.6 is 0 Å². The summed E-state index contributed by atoms with van der Waals surface area (Å²) in [4.78, 5) is 23.2. The number of hydrogen-bond donors (Lipinski definition) is 2. The van der Waals surface area contributed by atoms with Crippen molar-refractivity contribution in [2.24, 2.45) is 5.92 Å². The Morgan fingerprint density at radius 2 is 1.94 bits per heavy atom. The fraction of sp³-hybridized carbons (Fsp3) is 0.429. The van der Waals surface area contributed by atoms with Gasteiger partial charge in [0.15, 0.2) is 0 Å². The summed E-state index contributed by atoms with van der Waals surface area (Å²) < 4.78 is 0. The van der Waals surface area contributed by atoms with Crippen molar-refractivity contribution >= 4 is 17.6 Å². The zero-order chi connectivity index (χ0) is 13.1. The maximum absolute atomic E-state index is 12.0. The molecule has 1 fully saturated rings. The third-order valence-electron chi connectivity index (χ3n) is 3.47. The Hall–Kier alpha value is -1.84. The van der Waals surface area contributed by atoms with Gasteiger partial charge in [-0.2, -0.15) is 0 Å². The van der Waals surface area contributed by atoms with Crippen molar-refractivity contribution in [1.82, 2.24) is 0 Å². The maximum Gasteiger partial charge on any atom is 0.338 e. The highest BCUT2D eigenvalue weighted by molar-refractivity contribution is 6.02. The summed E-state index contributed by atoms with van der Waals surface area (Å²) in [7, 11) is 0. The van der Waals surface area contributed by atoms with E-state index in [1.165, 1.54) is 0 Å². The molecule has 2 N–H and O–H groups in total. The Bertz CT molecular complexity index is 476. The molecule has 1 aromatic carbocycles. The van der Waals surface area contributed by atoms with Gasteiger partial charge in [0.1, 0.15) is 0 Å². The molecule has 0 bridgehead atoms. The minimum absolute atomic E-state index is 0.0344. The van der Waals surface area contributed by atoms with Gasteiger partial charge in [-0.1, -0.05) is 25.0 Å². The van der Waals surface area contributed by atoms with Crippen LogP contribution in [0.5, 0.6) is 0 Å². The third kappa shape index (κ3) is 2.53. The van der Waals surface area contributed by atoms with Crippen molar-refractivity contribution in [2.45, 2.75) is 32.6 Å². The van der Waals surface area contributed by atoms with Crippen LogP contribution in [0.1, 0.15) is 41.6 Å². The molecular weight excluding hydrogens is 230 g/mol. The Morgan fingerprint density at radius 1 is 1.28 bits per heavy atom. The number of carbonyl (C=O) groups excluding carboxylic acids is 1. The average Bonchev–Trinajstić information content (AvgIpc) is 2.81. The predicted molar refractivity (Wildman–Crippen MR) is 68.7 cm³/mol. The molecule has 1 aliphatic rings. The van der Waals surface area contributed by atoms with Crippen LogP contribution in [-0.2, 0) is 4.79 Å². The molecule has 0 unspecified atom stereocenters. The second-order valence-corrected chi connectivity index (χ2v) is 4.77. The fourth-order valence-electron chi connectivity index (χ4n) is 2.48. The van der Waals surface area contributed by atoms with E-state index in [4.69, 9.17) is 0 Å². The molecule has 0 atom stereocenters. The fourth-order valence-corrected chi connectivity index (χ4v) is 2.48. The van der Waals surface area contributed by atoms with Crippen molar-refractivity contribution < 1.29 is 14.7 Å². The molecule has 0 aliphatic heterocycles. The Balaban J connectivity index is 2.20. The monoisotopic (exact) mass is 247 g/mol. The number of amides is 1. The minimum atomic E-state index is -1.00. The van der Waals surface area contributed by atoms with E-state index in [1.54, 1.807) is 25.1 Å². The summed E-state index contributed by atoms with van der Waals surface area (Å²) in [6.45, 7) is 1.73. The lowest BCUT2D eigenvalue weighted by atomic mass is 10.0. The number of nitrogens with one attached hydrogen (secondary N) is 1. The van der Waals surface area contributed by atoms with Crippen molar-refractivity contribution in [3.05, 3.63) is 29.3 Å². The van der Waals surface area contributed by atoms with Crippen LogP contribution < -0.4 is 5.32 Å². The molecule has 1 aromatic rings. The topological polar surface area (TPSA) is 66.4 Å². The molecule has 1 saturated carbocycles. The van der Waals surface area contributed by atoms with Crippen molar-refractivity contribution in [1.29, 1.82) is 0 Å². The Morgan fingerprint density at radius 3 is 2.56 bits per heavy atom. The molecule has 0 saturated heterocycles. The van der Waals surface area contributed by atoms with Crippen LogP contribution in [0.15, 0.2) is 18.2 Å². The van der Waals surface area contributed by atoms with Crippen molar-refractivity contribution in [3.63, 3.8) is 0 Å². The minimum Gasteiger partial charge on any atom is -0.478 e. The van der Waals surface area contributed by atoms with Crippen LogP contribution in [0.3, 0.4) is 0 Å². The molecule has 0 radical (unpaired) electrons. The van der Waals surface area contributed by atoms with Crippen LogP contribution in [0.25, 0.3) is 0 Å². The first-order valence-corrected chi connectivity index (χ1v) is 6.23. The lowest BCUT2D eigenvalue weighted by Crippen LogP contribution is -2.22. The molecule has 0 aromatic heterocycles. The van der Waals surface area contributed by atoms with Gasteiger partial charge in [0, 0.05) is 5.92 Å². The van der Waals surface area contributed by atoms with E-state index in [2.05, 4.69) is 5.32 Å². The van der Waals surface area contributed by atoms with Gasteiger partial charge in [-0.05, 0) is 31.4 Å². The number of carboxylic acids is 1. The molecule has 1 aliphatic carbocycles. The summed E-state index contributed by atoms with van der Waals surface area (Å²) in [5, 5.41) is 11.9. The van der Waals surface area contributed by atoms with Crippen LogP contribution in [0, 0.1) is 12.8 Å². The van der Waals surface area contributed by atoms with Gasteiger partial charge < -0.3 is 10.4 Å². The number of carboxylic acid groups (broad SMARTS) is 1. The van der Waals surface area contributed by atoms with E-state index in [9.17, 15) is 14.7 Å². The standard InChI is InChI=1S/C14H17NO3/c1-9-5-4-8-11(12(9)14(17)18)15-13(16)10-6-2-3-7-10/h4-5,8,10H,2-3,6-7H2,1H3,(H,15,16)(H,17,18). The molecule has 18 heavy (non-hydrogen) atoms. The van der Waals surface area contributed by atoms with Crippen LogP contribution in [-0.4, -0.2) is 17.0 Å².